The van der Waals surface area contributed by atoms with Gasteiger partial charge in [-0.1, -0.05) is 38.1 Å². The summed E-state index contributed by atoms with van der Waals surface area (Å²) in [7, 11) is 0. The first-order valence-electron chi connectivity index (χ1n) is 8.89. The van der Waals surface area contributed by atoms with Crippen LogP contribution in [0.15, 0.2) is 24.3 Å². The van der Waals surface area contributed by atoms with Gasteiger partial charge in [-0.05, 0) is 29.4 Å². The van der Waals surface area contributed by atoms with Gasteiger partial charge in [0.15, 0.2) is 0 Å². The van der Waals surface area contributed by atoms with Gasteiger partial charge < -0.3 is 10.6 Å². The highest BCUT2D eigenvalue weighted by Crippen LogP contribution is 2.23. The zero-order valence-corrected chi connectivity index (χ0v) is 15.6. The van der Waals surface area contributed by atoms with Crippen LogP contribution in [-0.2, 0) is 17.9 Å². The maximum atomic E-state index is 12.0. The molecule has 0 saturated carbocycles. The van der Waals surface area contributed by atoms with Crippen LogP contribution < -0.4 is 10.6 Å². The Kier molecular flexibility index (Phi) is 7.08. The number of benzene rings is 1. The van der Waals surface area contributed by atoms with Gasteiger partial charge in [0.1, 0.15) is 0 Å². The lowest BCUT2D eigenvalue weighted by molar-refractivity contribution is -0.126. The second kappa shape index (κ2) is 8.84. The fraction of sp³-hybridized carbons (Fsp3) is 0.632. The van der Waals surface area contributed by atoms with Crippen LogP contribution in [0.1, 0.15) is 31.4 Å². The molecule has 3 rings (SSSR count). The molecule has 1 aromatic carbocycles. The van der Waals surface area contributed by atoms with Crippen molar-refractivity contribution in [2.75, 3.05) is 26.2 Å². The number of carbonyl (C=O) groups is 1. The lowest BCUT2D eigenvalue weighted by Gasteiger charge is -2.35. The van der Waals surface area contributed by atoms with Crippen LogP contribution in [0.3, 0.4) is 0 Å². The summed E-state index contributed by atoms with van der Waals surface area (Å²) in [6.07, 6.45) is 1.34. The van der Waals surface area contributed by atoms with E-state index in [2.05, 4.69) is 53.6 Å². The zero-order valence-electron chi connectivity index (χ0n) is 14.8. The average molecular weight is 352 g/mol. The van der Waals surface area contributed by atoms with E-state index < -0.39 is 0 Å². The second-order valence-corrected chi connectivity index (χ2v) is 7.48. The van der Waals surface area contributed by atoms with Crippen LogP contribution in [0.25, 0.3) is 0 Å². The molecule has 2 aliphatic rings. The standard InChI is InChI=1S/C19H29N3O.ClH/c1-14-7-15(2)12-22(11-14)13-17-6-4-3-5-16(17)10-21-19(23)18-8-20-9-18;/h3-6,14-15,18,20H,7-13H2,1-2H3,(H,21,23);1H. The van der Waals surface area contributed by atoms with Gasteiger partial charge in [0.2, 0.25) is 5.91 Å². The van der Waals surface area contributed by atoms with Crippen LogP contribution in [-0.4, -0.2) is 37.0 Å². The summed E-state index contributed by atoms with van der Waals surface area (Å²) >= 11 is 0. The molecule has 2 N–H and O–H groups in total. The fourth-order valence-electron chi connectivity index (χ4n) is 3.85. The molecule has 2 aliphatic heterocycles. The van der Waals surface area contributed by atoms with E-state index in [1.807, 2.05) is 0 Å². The lowest BCUT2D eigenvalue weighted by Crippen LogP contribution is -2.50. The number of hydrogen-bond donors (Lipinski definition) is 2. The molecule has 0 aliphatic carbocycles. The van der Waals surface area contributed by atoms with Gasteiger partial charge in [0, 0.05) is 39.3 Å². The SMILES string of the molecule is CC1CC(C)CN(Cc2ccccc2CNC(=O)C2CNC2)C1.Cl. The summed E-state index contributed by atoms with van der Waals surface area (Å²) in [6.45, 7) is 10.3. The molecular weight excluding hydrogens is 322 g/mol. The third-order valence-electron chi connectivity index (χ3n) is 5.06. The first-order valence-corrected chi connectivity index (χ1v) is 8.89. The van der Waals surface area contributed by atoms with Crippen molar-refractivity contribution in [1.82, 2.24) is 15.5 Å². The second-order valence-electron chi connectivity index (χ2n) is 7.48. The highest BCUT2D eigenvalue weighted by molar-refractivity contribution is 5.85. The van der Waals surface area contributed by atoms with Crippen molar-refractivity contribution < 1.29 is 4.79 Å². The third-order valence-corrected chi connectivity index (χ3v) is 5.06. The lowest BCUT2D eigenvalue weighted by atomic mass is 9.91. The molecule has 2 heterocycles. The molecule has 2 saturated heterocycles. The fourth-order valence-corrected chi connectivity index (χ4v) is 3.85. The maximum absolute atomic E-state index is 12.0. The smallest absolute Gasteiger partial charge is 0.225 e. The highest BCUT2D eigenvalue weighted by Gasteiger charge is 2.25. The maximum Gasteiger partial charge on any atom is 0.225 e. The van der Waals surface area contributed by atoms with E-state index in [-0.39, 0.29) is 24.2 Å². The van der Waals surface area contributed by atoms with E-state index in [9.17, 15) is 4.79 Å². The first-order chi connectivity index (χ1) is 11.1. The number of piperidine rings is 1. The topological polar surface area (TPSA) is 44.4 Å². The largest absolute Gasteiger partial charge is 0.352 e. The minimum Gasteiger partial charge on any atom is -0.352 e. The van der Waals surface area contributed by atoms with E-state index in [4.69, 9.17) is 0 Å². The summed E-state index contributed by atoms with van der Waals surface area (Å²) in [5.74, 6) is 1.89. The highest BCUT2D eigenvalue weighted by atomic mass is 35.5. The Bertz CT molecular complexity index is 537. The van der Waals surface area contributed by atoms with Gasteiger partial charge in [0.05, 0.1) is 5.92 Å². The number of hydrogen-bond acceptors (Lipinski definition) is 3. The number of nitrogens with one attached hydrogen (secondary N) is 2. The van der Waals surface area contributed by atoms with Gasteiger partial charge in [-0.3, -0.25) is 9.69 Å². The molecule has 0 bridgehead atoms. The molecule has 24 heavy (non-hydrogen) atoms. The molecule has 2 fully saturated rings. The Morgan fingerprint density at radius 1 is 1.17 bits per heavy atom. The molecule has 2 atom stereocenters. The van der Waals surface area contributed by atoms with Crippen LogP contribution in [0, 0.1) is 17.8 Å². The van der Waals surface area contributed by atoms with Crippen molar-refractivity contribution in [3.05, 3.63) is 35.4 Å². The monoisotopic (exact) mass is 351 g/mol. The van der Waals surface area contributed by atoms with Crippen LogP contribution in [0.2, 0.25) is 0 Å². The van der Waals surface area contributed by atoms with E-state index in [1.54, 1.807) is 0 Å². The summed E-state index contributed by atoms with van der Waals surface area (Å²) < 4.78 is 0. The predicted octanol–water partition coefficient (Wildman–Crippen LogP) is 2.42. The Labute approximate surface area is 151 Å². The van der Waals surface area contributed by atoms with Crippen LogP contribution in [0.5, 0.6) is 0 Å². The average Bonchev–Trinajstić information content (AvgIpc) is 2.43. The van der Waals surface area contributed by atoms with E-state index in [1.165, 1.54) is 30.6 Å². The molecule has 0 aromatic heterocycles. The summed E-state index contributed by atoms with van der Waals surface area (Å²) in [5.41, 5.74) is 2.60. The molecule has 5 heteroatoms. The zero-order chi connectivity index (χ0) is 16.2. The van der Waals surface area contributed by atoms with E-state index >= 15 is 0 Å². The first kappa shape index (κ1) is 19.2. The molecule has 2 unspecified atom stereocenters. The molecule has 1 amide bonds. The number of carbonyl (C=O) groups excluding carboxylic acids is 1. The van der Waals surface area contributed by atoms with Crippen LogP contribution in [0.4, 0.5) is 0 Å². The van der Waals surface area contributed by atoms with E-state index in [0.29, 0.717) is 6.54 Å². The number of rotatable bonds is 5. The molecule has 1 aromatic rings. The molecular formula is C19H30ClN3O. The third kappa shape index (κ3) is 4.95. The van der Waals surface area contributed by atoms with Crippen molar-refractivity contribution in [3.63, 3.8) is 0 Å². The van der Waals surface area contributed by atoms with Crippen molar-refractivity contribution in [1.29, 1.82) is 0 Å². The van der Waals surface area contributed by atoms with Crippen molar-refractivity contribution in [3.8, 4) is 0 Å². The Hall–Kier alpha value is -1.10. The molecule has 134 valence electrons. The number of halogens is 1. The number of amides is 1. The molecule has 0 radical (unpaired) electrons. The van der Waals surface area contributed by atoms with Gasteiger partial charge >= 0.3 is 0 Å². The predicted molar refractivity (Wildman–Crippen MR) is 100 cm³/mol. The van der Waals surface area contributed by atoms with Crippen molar-refractivity contribution in [2.45, 2.75) is 33.4 Å². The molecule has 0 spiro atoms. The minimum absolute atomic E-state index is 0. The summed E-state index contributed by atoms with van der Waals surface area (Å²) in [6, 6.07) is 8.52. The summed E-state index contributed by atoms with van der Waals surface area (Å²) in [5, 5.41) is 6.25. The normalized spacial score (nSPS) is 24.8. The van der Waals surface area contributed by atoms with Gasteiger partial charge in [-0.25, -0.2) is 0 Å². The quantitative estimate of drug-likeness (QED) is 0.856. The Morgan fingerprint density at radius 2 is 1.79 bits per heavy atom. The molecule has 4 nitrogen and oxygen atoms in total. The van der Waals surface area contributed by atoms with Gasteiger partial charge in [-0.2, -0.15) is 0 Å². The minimum atomic E-state index is 0. The van der Waals surface area contributed by atoms with Crippen molar-refractivity contribution >= 4 is 18.3 Å². The Balaban J connectivity index is 0.00000208. The van der Waals surface area contributed by atoms with Gasteiger partial charge in [0.25, 0.3) is 0 Å². The van der Waals surface area contributed by atoms with Gasteiger partial charge in [-0.15, -0.1) is 12.4 Å². The van der Waals surface area contributed by atoms with E-state index in [0.717, 1.165) is 31.5 Å². The van der Waals surface area contributed by atoms with Crippen molar-refractivity contribution in [2.24, 2.45) is 17.8 Å². The summed E-state index contributed by atoms with van der Waals surface area (Å²) in [4.78, 5) is 14.6. The number of nitrogens with zero attached hydrogens (tertiary/aromatic N) is 1. The Morgan fingerprint density at radius 3 is 2.38 bits per heavy atom. The number of likely N-dealkylation sites (tertiary alicyclic amines) is 1. The van der Waals surface area contributed by atoms with Crippen LogP contribution >= 0.6 is 12.4 Å².